The predicted octanol–water partition coefficient (Wildman–Crippen LogP) is 7.85. The third-order valence-corrected chi connectivity index (χ3v) is 7.45. The van der Waals surface area contributed by atoms with E-state index in [1.165, 1.54) is 11.1 Å². The molecule has 2 aliphatic heterocycles. The van der Waals surface area contributed by atoms with E-state index in [0.29, 0.717) is 6.61 Å². The summed E-state index contributed by atoms with van der Waals surface area (Å²) in [5.74, 6) is 0.370. The molecule has 2 nitrogen and oxygen atoms in total. The van der Waals surface area contributed by atoms with Crippen molar-refractivity contribution in [3.05, 3.63) is 143 Å². The van der Waals surface area contributed by atoms with Crippen LogP contribution in [0.4, 0.5) is 5.69 Å². The van der Waals surface area contributed by atoms with E-state index in [1.807, 2.05) is 12.1 Å². The lowest BCUT2D eigenvalue weighted by atomic mass is 9.66. The molecule has 1 saturated heterocycles. The van der Waals surface area contributed by atoms with E-state index in [9.17, 15) is 0 Å². The van der Waals surface area contributed by atoms with Crippen LogP contribution in [0.2, 0.25) is 5.02 Å². The third kappa shape index (κ3) is 3.64. The maximum atomic E-state index is 6.88. The van der Waals surface area contributed by atoms with Crippen molar-refractivity contribution in [2.24, 2.45) is 5.92 Å². The normalized spacial score (nSPS) is 25.5. The lowest BCUT2D eigenvalue weighted by Gasteiger charge is -2.45. The molecule has 168 valence electrons. The molecule has 1 fully saturated rings. The van der Waals surface area contributed by atoms with E-state index in [0.717, 1.165) is 21.8 Å². The molecule has 0 bridgehead atoms. The first-order valence-corrected chi connectivity index (χ1v) is 12.2. The summed E-state index contributed by atoms with van der Waals surface area (Å²) in [6, 6.07) is 38.1. The maximum Gasteiger partial charge on any atom is 0.119 e. The minimum absolute atomic E-state index is 0.0861. The van der Waals surface area contributed by atoms with Gasteiger partial charge in [-0.2, -0.15) is 0 Å². The van der Waals surface area contributed by atoms with Crippen molar-refractivity contribution in [2.75, 3.05) is 11.9 Å². The Morgan fingerprint density at radius 2 is 1.44 bits per heavy atom. The molecule has 2 heterocycles. The second-order valence-electron chi connectivity index (χ2n) is 9.11. The number of hydrogen-bond acceptors (Lipinski definition) is 2. The zero-order chi connectivity index (χ0) is 23.0. The molecule has 2 aliphatic rings. The standard InChI is InChI=1S/C31H26ClNO/c32-25-16-17-28-27(20-25)31(19-18-22-10-4-1-5-11-22)29(30(33-28)24-14-8-3-9-15-24)26(21-34-31)23-12-6-2-7-13-23/h1-20,26,29-30,33H,21H2/b19-18+/t26-,29+,30+,31-/m0/s1. The number of halogens is 1. The van der Waals surface area contributed by atoms with Crippen molar-refractivity contribution in [1.82, 2.24) is 0 Å². The second kappa shape index (κ2) is 8.79. The van der Waals surface area contributed by atoms with Gasteiger partial charge in [0.2, 0.25) is 0 Å². The summed E-state index contributed by atoms with van der Waals surface area (Å²) >= 11 is 6.55. The summed E-state index contributed by atoms with van der Waals surface area (Å²) in [5.41, 5.74) is 5.28. The molecule has 0 aliphatic carbocycles. The number of benzene rings is 4. The maximum absolute atomic E-state index is 6.88. The van der Waals surface area contributed by atoms with Crippen LogP contribution in [-0.4, -0.2) is 6.61 Å². The molecular formula is C31H26ClNO. The summed E-state index contributed by atoms with van der Waals surface area (Å²) in [6.07, 6.45) is 4.46. The van der Waals surface area contributed by atoms with Crippen LogP contribution in [0.5, 0.6) is 0 Å². The topological polar surface area (TPSA) is 21.3 Å². The summed E-state index contributed by atoms with van der Waals surface area (Å²) in [4.78, 5) is 0. The van der Waals surface area contributed by atoms with E-state index in [4.69, 9.17) is 16.3 Å². The zero-order valence-electron chi connectivity index (χ0n) is 18.8. The zero-order valence-corrected chi connectivity index (χ0v) is 19.5. The minimum Gasteiger partial charge on any atom is -0.377 e. The van der Waals surface area contributed by atoms with Crippen LogP contribution in [0.25, 0.3) is 6.08 Å². The average Bonchev–Trinajstić information content (AvgIpc) is 3.30. The van der Waals surface area contributed by atoms with E-state index in [-0.39, 0.29) is 17.9 Å². The van der Waals surface area contributed by atoms with Crippen molar-refractivity contribution in [1.29, 1.82) is 0 Å². The van der Waals surface area contributed by atoms with E-state index >= 15 is 0 Å². The molecule has 1 N–H and O–H groups in total. The van der Waals surface area contributed by atoms with E-state index in [1.54, 1.807) is 0 Å². The Morgan fingerprint density at radius 3 is 2.15 bits per heavy atom. The predicted molar refractivity (Wildman–Crippen MR) is 140 cm³/mol. The molecule has 0 radical (unpaired) electrons. The van der Waals surface area contributed by atoms with Crippen LogP contribution in [-0.2, 0) is 10.3 Å². The number of anilines is 1. The smallest absolute Gasteiger partial charge is 0.119 e. The molecule has 0 saturated carbocycles. The summed E-state index contributed by atoms with van der Waals surface area (Å²) in [5, 5.41) is 4.58. The van der Waals surface area contributed by atoms with Gasteiger partial charge < -0.3 is 10.1 Å². The van der Waals surface area contributed by atoms with Crippen LogP contribution in [0.1, 0.15) is 34.2 Å². The lowest BCUT2D eigenvalue weighted by molar-refractivity contribution is 0.00974. The number of nitrogens with one attached hydrogen (secondary N) is 1. The molecule has 0 spiro atoms. The number of rotatable bonds is 4. The highest BCUT2D eigenvalue weighted by molar-refractivity contribution is 6.30. The number of fused-ring (bicyclic) bond motifs is 3. The van der Waals surface area contributed by atoms with Gasteiger partial charge in [0.25, 0.3) is 0 Å². The molecular weight excluding hydrogens is 438 g/mol. The van der Waals surface area contributed by atoms with Gasteiger partial charge >= 0.3 is 0 Å². The Balaban J connectivity index is 1.57. The molecule has 34 heavy (non-hydrogen) atoms. The van der Waals surface area contributed by atoms with Gasteiger partial charge in [0.05, 0.1) is 12.6 Å². The summed E-state index contributed by atoms with van der Waals surface area (Å²) in [6.45, 7) is 0.644. The fraction of sp³-hybridized carbons (Fsp3) is 0.161. The van der Waals surface area contributed by atoms with Crippen LogP contribution in [0.3, 0.4) is 0 Å². The SMILES string of the molecule is Clc1ccc2c(c1)[C@]1(/C=C/c3ccccc3)OC[C@@H](c3ccccc3)[C@@H]1[C@@H](c1ccccc1)N2. The fourth-order valence-corrected chi connectivity index (χ4v) is 5.85. The first-order chi connectivity index (χ1) is 16.7. The van der Waals surface area contributed by atoms with Gasteiger partial charge in [0.15, 0.2) is 0 Å². The highest BCUT2D eigenvalue weighted by Crippen LogP contribution is 2.59. The lowest BCUT2D eigenvalue weighted by Crippen LogP contribution is -2.43. The Labute approximate surface area is 205 Å². The Hall–Kier alpha value is -3.33. The van der Waals surface area contributed by atoms with Crippen LogP contribution in [0, 0.1) is 5.92 Å². The van der Waals surface area contributed by atoms with Crippen molar-refractivity contribution in [3.8, 4) is 0 Å². The van der Waals surface area contributed by atoms with Gasteiger partial charge in [-0.05, 0) is 41.0 Å². The fourth-order valence-electron chi connectivity index (χ4n) is 5.67. The highest BCUT2D eigenvalue weighted by atomic mass is 35.5. The summed E-state index contributed by atoms with van der Waals surface area (Å²) < 4.78 is 6.88. The summed E-state index contributed by atoms with van der Waals surface area (Å²) in [7, 11) is 0. The van der Waals surface area contributed by atoms with Crippen molar-refractivity contribution < 1.29 is 4.74 Å². The molecule has 6 rings (SSSR count). The molecule has 4 aromatic rings. The number of hydrogen-bond donors (Lipinski definition) is 1. The van der Waals surface area contributed by atoms with Crippen molar-refractivity contribution >= 4 is 23.4 Å². The largest absolute Gasteiger partial charge is 0.377 e. The highest BCUT2D eigenvalue weighted by Gasteiger charge is 2.56. The van der Waals surface area contributed by atoms with Gasteiger partial charge in [-0.1, -0.05) is 109 Å². The van der Waals surface area contributed by atoms with Gasteiger partial charge in [-0.3, -0.25) is 0 Å². The van der Waals surface area contributed by atoms with Crippen molar-refractivity contribution in [3.63, 3.8) is 0 Å². The Morgan fingerprint density at radius 1 is 0.794 bits per heavy atom. The molecule has 4 atom stereocenters. The first kappa shape index (κ1) is 21.2. The first-order valence-electron chi connectivity index (χ1n) is 11.8. The molecule has 3 heteroatoms. The second-order valence-corrected chi connectivity index (χ2v) is 9.55. The Bertz CT molecular complexity index is 1310. The molecule has 4 aromatic carbocycles. The van der Waals surface area contributed by atoms with Gasteiger partial charge in [-0.25, -0.2) is 0 Å². The van der Waals surface area contributed by atoms with Gasteiger partial charge in [-0.15, -0.1) is 0 Å². The van der Waals surface area contributed by atoms with E-state index < -0.39 is 5.60 Å². The molecule has 0 amide bonds. The third-order valence-electron chi connectivity index (χ3n) is 7.21. The van der Waals surface area contributed by atoms with Gasteiger partial charge in [0, 0.05) is 28.1 Å². The molecule has 0 unspecified atom stereocenters. The number of ether oxygens (including phenoxy) is 1. The van der Waals surface area contributed by atoms with Crippen LogP contribution >= 0.6 is 11.6 Å². The van der Waals surface area contributed by atoms with Crippen molar-refractivity contribution in [2.45, 2.75) is 17.6 Å². The quantitative estimate of drug-likeness (QED) is 0.332. The van der Waals surface area contributed by atoms with Gasteiger partial charge in [0.1, 0.15) is 5.60 Å². The average molecular weight is 464 g/mol. The van der Waals surface area contributed by atoms with Crippen LogP contribution in [0.15, 0.2) is 115 Å². The Kier molecular flexibility index (Phi) is 5.49. The monoisotopic (exact) mass is 463 g/mol. The van der Waals surface area contributed by atoms with Crippen LogP contribution < -0.4 is 5.32 Å². The molecule has 0 aromatic heterocycles. The van der Waals surface area contributed by atoms with E-state index in [2.05, 4.69) is 115 Å². The minimum atomic E-state index is -0.609.